The van der Waals surface area contributed by atoms with E-state index in [1.165, 1.54) is 4.31 Å². The molecular weight excluding hydrogens is 502 g/mol. The number of nitrogens with zero attached hydrogens (tertiary/aromatic N) is 2. The summed E-state index contributed by atoms with van der Waals surface area (Å²) in [7, 11) is -3.72. The summed E-state index contributed by atoms with van der Waals surface area (Å²) in [6, 6.07) is 9.29. The molecule has 3 heterocycles. The van der Waals surface area contributed by atoms with E-state index in [2.05, 4.69) is 21.2 Å². The van der Waals surface area contributed by atoms with Crippen molar-refractivity contribution in [1.82, 2.24) is 9.21 Å². The predicted molar refractivity (Wildman–Crippen MR) is 124 cm³/mol. The standard InChI is InChI=1S/C21H24BrN3O4S2/c22-18-10-11-19(30-18)31(28,29)25-14-4-5-17(25)20(26)23-16-8-6-15(7-9-16)21(27)24-12-2-1-3-13-24/h6-11,17H,1-5,12-14H2,(H,23,26)/t17-/m1/s1. The number of thiophene rings is 1. The topological polar surface area (TPSA) is 86.8 Å². The van der Waals surface area contributed by atoms with Crippen LogP contribution in [0.1, 0.15) is 42.5 Å². The van der Waals surface area contributed by atoms with Crippen LogP contribution >= 0.6 is 27.3 Å². The van der Waals surface area contributed by atoms with Crippen LogP contribution in [0.15, 0.2) is 44.4 Å². The van der Waals surface area contributed by atoms with Gasteiger partial charge in [0.1, 0.15) is 10.3 Å². The fourth-order valence-electron chi connectivity index (χ4n) is 4.04. The SMILES string of the molecule is O=C(Nc1ccc(C(=O)N2CCCCC2)cc1)[C@H]1CCCN1S(=O)(=O)c1ccc(Br)s1. The summed E-state index contributed by atoms with van der Waals surface area (Å²) >= 11 is 4.43. The fraction of sp³-hybridized carbons (Fsp3) is 0.429. The molecule has 4 rings (SSSR count). The Hall–Kier alpha value is -1.75. The predicted octanol–water partition coefficient (Wildman–Crippen LogP) is 3.93. The van der Waals surface area contributed by atoms with Crippen molar-refractivity contribution in [2.45, 2.75) is 42.4 Å². The number of halogens is 1. The molecule has 2 fully saturated rings. The molecule has 10 heteroatoms. The average Bonchev–Trinajstić information content (AvgIpc) is 3.44. The van der Waals surface area contributed by atoms with Gasteiger partial charge in [0, 0.05) is 30.9 Å². The number of hydrogen-bond donors (Lipinski definition) is 1. The van der Waals surface area contributed by atoms with Gasteiger partial charge in [0.25, 0.3) is 15.9 Å². The van der Waals surface area contributed by atoms with Gasteiger partial charge in [-0.2, -0.15) is 4.31 Å². The van der Waals surface area contributed by atoms with Crippen LogP contribution in [0.25, 0.3) is 0 Å². The van der Waals surface area contributed by atoms with E-state index in [1.807, 2.05) is 4.90 Å². The van der Waals surface area contributed by atoms with Crippen LogP contribution in [-0.4, -0.2) is 55.1 Å². The zero-order valence-electron chi connectivity index (χ0n) is 16.9. The lowest BCUT2D eigenvalue weighted by molar-refractivity contribution is -0.119. The van der Waals surface area contributed by atoms with Crippen LogP contribution in [0.2, 0.25) is 0 Å². The van der Waals surface area contributed by atoms with Crippen LogP contribution < -0.4 is 5.32 Å². The van der Waals surface area contributed by atoms with Gasteiger partial charge in [-0.15, -0.1) is 11.3 Å². The van der Waals surface area contributed by atoms with Gasteiger partial charge in [0.15, 0.2) is 0 Å². The highest BCUT2D eigenvalue weighted by molar-refractivity contribution is 9.11. The molecule has 1 aromatic carbocycles. The number of piperidine rings is 1. The van der Waals surface area contributed by atoms with Crippen LogP contribution in [0.5, 0.6) is 0 Å². The van der Waals surface area contributed by atoms with Gasteiger partial charge in [0.2, 0.25) is 5.91 Å². The van der Waals surface area contributed by atoms with Crippen molar-refractivity contribution in [1.29, 1.82) is 0 Å². The molecule has 0 saturated carbocycles. The molecule has 0 unspecified atom stereocenters. The first-order valence-electron chi connectivity index (χ1n) is 10.3. The lowest BCUT2D eigenvalue weighted by Crippen LogP contribution is -2.42. The second-order valence-electron chi connectivity index (χ2n) is 7.75. The Balaban J connectivity index is 1.43. The first-order chi connectivity index (χ1) is 14.9. The highest BCUT2D eigenvalue weighted by Crippen LogP contribution is 2.32. The number of sulfonamides is 1. The van der Waals surface area contributed by atoms with E-state index < -0.39 is 16.1 Å². The molecule has 2 aliphatic heterocycles. The van der Waals surface area contributed by atoms with Gasteiger partial charge in [-0.1, -0.05) is 0 Å². The number of hydrogen-bond acceptors (Lipinski definition) is 5. The third kappa shape index (κ3) is 4.87. The molecule has 2 aliphatic rings. The van der Waals surface area contributed by atoms with E-state index in [4.69, 9.17) is 0 Å². The molecule has 1 N–H and O–H groups in total. The first kappa shape index (κ1) is 22.4. The minimum Gasteiger partial charge on any atom is -0.339 e. The molecule has 1 aromatic heterocycles. The Bertz CT molecular complexity index is 1060. The van der Waals surface area contributed by atoms with Crippen molar-refractivity contribution in [2.24, 2.45) is 0 Å². The number of rotatable bonds is 5. The van der Waals surface area contributed by atoms with Crippen molar-refractivity contribution in [3.8, 4) is 0 Å². The van der Waals surface area contributed by atoms with Crippen LogP contribution in [0.3, 0.4) is 0 Å². The van der Waals surface area contributed by atoms with E-state index in [-0.39, 0.29) is 16.0 Å². The van der Waals surface area contributed by atoms with E-state index in [0.29, 0.717) is 30.6 Å². The van der Waals surface area contributed by atoms with Gasteiger partial charge >= 0.3 is 0 Å². The van der Waals surface area contributed by atoms with Crippen molar-refractivity contribution in [3.05, 3.63) is 45.7 Å². The Morgan fingerprint density at radius 1 is 0.968 bits per heavy atom. The molecule has 0 bridgehead atoms. The minimum absolute atomic E-state index is 0.00717. The molecule has 7 nitrogen and oxygen atoms in total. The molecule has 1 atom stereocenters. The van der Waals surface area contributed by atoms with Crippen LogP contribution in [0.4, 0.5) is 5.69 Å². The molecule has 0 aliphatic carbocycles. The van der Waals surface area contributed by atoms with Gasteiger partial charge < -0.3 is 10.2 Å². The third-order valence-electron chi connectivity index (χ3n) is 5.66. The summed E-state index contributed by atoms with van der Waals surface area (Å²) in [4.78, 5) is 27.3. The van der Waals surface area contributed by atoms with Crippen LogP contribution in [0, 0.1) is 0 Å². The number of carbonyl (C=O) groups excluding carboxylic acids is 2. The summed E-state index contributed by atoms with van der Waals surface area (Å²) in [5, 5.41) is 2.81. The smallest absolute Gasteiger partial charge is 0.253 e. The van der Waals surface area contributed by atoms with E-state index in [9.17, 15) is 18.0 Å². The maximum absolute atomic E-state index is 13.0. The van der Waals surface area contributed by atoms with Crippen molar-refractivity contribution < 1.29 is 18.0 Å². The number of anilines is 1. The lowest BCUT2D eigenvalue weighted by Gasteiger charge is -2.26. The highest BCUT2D eigenvalue weighted by atomic mass is 79.9. The summed E-state index contributed by atoms with van der Waals surface area (Å²) in [6.45, 7) is 1.88. The first-order valence-corrected chi connectivity index (χ1v) is 13.4. The number of carbonyl (C=O) groups is 2. The molecule has 2 amide bonds. The molecule has 2 saturated heterocycles. The van der Waals surface area contributed by atoms with E-state index >= 15 is 0 Å². The Morgan fingerprint density at radius 2 is 1.68 bits per heavy atom. The maximum Gasteiger partial charge on any atom is 0.253 e. The van der Waals surface area contributed by atoms with Gasteiger partial charge in [0.05, 0.1) is 3.79 Å². The summed E-state index contributed by atoms with van der Waals surface area (Å²) in [5.74, 6) is -0.348. The second-order valence-corrected chi connectivity index (χ2v) is 12.3. The number of benzene rings is 1. The van der Waals surface area contributed by atoms with Gasteiger partial charge in [-0.25, -0.2) is 8.42 Å². The van der Waals surface area contributed by atoms with E-state index in [0.717, 1.165) is 47.5 Å². The number of nitrogens with one attached hydrogen (secondary N) is 1. The lowest BCUT2D eigenvalue weighted by atomic mass is 10.1. The zero-order valence-corrected chi connectivity index (χ0v) is 20.1. The fourth-order valence-corrected chi connectivity index (χ4v) is 7.84. The summed E-state index contributed by atoms with van der Waals surface area (Å²) in [6.07, 6.45) is 4.33. The average molecular weight is 526 g/mol. The van der Waals surface area contributed by atoms with E-state index in [1.54, 1.807) is 36.4 Å². The van der Waals surface area contributed by atoms with Crippen molar-refractivity contribution >= 4 is 54.8 Å². The molecule has 166 valence electrons. The van der Waals surface area contributed by atoms with Gasteiger partial charge in [-0.05, 0) is 84.4 Å². The maximum atomic E-state index is 13.0. The normalized spacial score (nSPS) is 20.0. The zero-order chi connectivity index (χ0) is 22.0. The molecule has 0 radical (unpaired) electrons. The number of amides is 2. The van der Waals surface area contributed by atoms with Gasteiger partial charge in [-0.3, -0.25) is 9.59 Å². The summed E-state index contributed by atoms with van der Waals surface area (Å²) < 4.78 is 28.2. The Kier molecular flexibility index (Phi) is 6.80. The van der Waals surface area contributed by atoms with Crippen molar-refractivity contribution in [3.63, 3.8) is 0 Å². The van der Waals surface area contributed by atoms with Crippen molar-refractivity contribution in [2.75, 3.05) is 25.0 Å². The van der Waals surface area contributed by atoms with Crippen LogP contribution in [-0.2, 0) is 14.8 Å². The second kappa shape index (κ2) is 9.40. The largest absolute Gasteiger partial charge is 0.339 e. The summed E-state index contributed by atoms with van der Waals surface area (Å²) in [5.41, 5.74) is 1.14. The molecular formula is C21H24BrN3O4S2. The molecule has 31 heavy (non-hydrogen) atoms. The minimum atomic E-state index is -3.72. The molecule has 2 aromatic rings. The number of likely N-dealkylation sites (tertiary alicyclic amines) is 1. The highest BCUT2D eigenvalue weighted by Gasteiger charge is 2.40. The Labute approximate surface area is 194 Å². The monoisotopic (exact) mass is 525 g/mol. The Morgan fingerprint density at radius 3 is 2.32 bits per heavy atom. The quantitative estimate of drug-likeness (QED) is 0.640. The molecule has 0 spiro atoms. The third-order valence-corrected chi connectivity index (χ3v) is 9.66.